The summed E-state index contributed by atoms with van der Waals surface area (Å²) in [5.74, 6) is -1.53. The van der Waals surface area contributed by atoms with Crippen molar-refractivity contribution in [3.63, 3.8) is 0 Å². The lowest BCUT2D eigenvalue weighted by Gasteiger charge is -2.10. The fourth-order valence-electron chi connectivity index (χ4n) is 2.11. The second-order valence-corrected chi connectivity index (χ2v) is 5.15. The molecule has 26 heavy (non-hydrogen) atoms. The molecule has 0 saturated carbocycles. The number of para-hydroxylation sites is 1. The van der Waals surface area contributed by atoms with Crippen LogP contribution in [0.2, 0.25) is 0 Å². The number of carbonyl (C=O) groups excluding carboxylic acids is 3. The number of nitrogens with one attached hydrogen (secondary N) is 2. The van der Waals surface area contributed by atoms with Crippen LogP contribution in [0.15, 0.2) is 42.5 Å². The lowest BCUT2D eigenvalue weighted by Crippen LogP contribution is -2.28. The van der Waals surface area contributed by atoms with Gasteiger partial charge >= 0.3 is 5.97 Å². The number of benzene rings is 1. The van der Waals surface area contributed by atoms with Crippen molar-refractivity contribution >= 4 is 23.5 Å². The van der Waals surface area contributed by atoms with E-state index in [0.29, 0.717) is 18.8 Å². The van der Waals surface area contributed by atoms with Crippen LogP contribution in [0.3, 0.4) is 0 Å². The molecule has 136 valence electrons. The standard InChI is InChI=1S/C18H19N3O5/c1-25-11-10-19-16(22)14-8-5-9-15(20-14)17(23)21-13-7-4-3-6-12(13)18(24)26-2/h3-9H,10-11H2,1-2H3,(H,19,22)(H,21,23). The highest BCUT2D eigenvalue weighted by atomic mass is 16.5. The zero-order valence-corrected chi connectivity index (χ0v) is 14.4. The molecule has 1 heterocycles. The highest BCUT2D eigenvalue weighted by Crippen LogP contribution is 2.17. The van der Waals surface area contributed by atoms with Crippen molar-refractivity contribution in [2.75, 3.05) is 32.7 Å². The van der Waals surface area contributed by atoms with E-state index in [9.17, 15) is 14.4 Å². The number of pyridine rings is 1. The van der Waals surface area contributed by atoms with Gasteiger partial charge in [-0.2, -0.15) is 0 Å². The normalized spacial score (nSPS) is 10.1. The Morgan fingerprint density at radius 2 is 1.65 bits per heavy atom. The fourth-order valence-corrected chi connectivity index (χ4v) is 2.11. The van der Waals surface area contributed by atoms with Crippen molar-refractivity contribution in [1.29, 1.82) is 0 Å². The molecule has 0 fully saturated rings. The average molecular weight is 357 g/mol. The van der Waals surface area contributed by atoms with Crippen molar-refractivity contribution in [1.82, 2.24) is 10.3 Å². The van der Waals surface area contributed by atoms with Crippen molar-refractivity contribution in [2.45, 2.75) is 0 Å². The van der Waals surface area contributed by atoms with Crippen LogP contribution in [-0.4, -0.2) is 50.1 Å². The zero-order valence-electron chi connectivity index (χ0n) is 14.4. The van der Waals surface area contributed by atoms with Gasteiger partial charge in [-0.05, 0) is 24.3 Å². The van der Waals surface area contributed by atoms with Crippen LogP contribution < -0.4 is 10.6 Å². The number of hydrogen-bond acceptors (Lipinski definition) is 6. The highest BCUT2D eigenvalue weighted by molar-refractivity contribution is 6.07. The van der Waals surface area contributed by atoms with E-state index in [-0.39, 0.29) is 17.0 Å². The fraction of sp³-hybridized carbons (Fsp3) is 0.222. The molecule has 0 aliphatic rings. The van der Waals surface area contributed by atoms with E-state index in [4.69, 9.17) is 9.47 Å². The highest BCUT2D eigenvalue weighted by Gasteiger charge is 2.16. The number of aromatic nitrogens is 1. The summed E-state index contributed by atoms with van der Waals surface area (Å²) in [5.41, 5.74) is 0.664. The molecule has 0 saturated heterocycles. The van der Waals surface area contributed by atoms with E-state index in [1.54, 1.807) is 24.3 Å². The van der Waals surface area contributed by atoms with Crippen LogP contribution in [0.25, 0.3) is 0 Å². The van der Waals surface area contributed by atoms with E-state index in [2.05, 4.69) is 15.6 Å². The number of hydrogen-bond donors (Lipinski definition) is 2. The van der Waals surface area contributed by atoms with Crippen molar-refractivity contribution in [3.05, 3.63) is 59.4 Å². The molecule has 2 N–H and O–H groups in total. The average Bonchev–Trinajstić information content (AvgIpc) is 2.68. The number of ether oxygens (including phenoxy) is 2. The Kier molecular flexibility index (Phi) is 6.81. The third-order valence-electron chi connectivity index (χ3n) is 3.39. The smallest absolute Gasteiger partial charge is 0.339 e. The van der Waals surface area contributed by atoms with E-state index >= 15 is 0 Å². The van der Waals surface area contributed by atoms with E-state index < -0.39 is 17.8 Å². The molecule has 0 aliphatic carbocycles. The summed E-state index contributed by atoms with van der Waals surface area (Å²) in [6.07, 6.45) is 0. The second kappa shape index (κ2) is 9.28. The van der Waals surface area contributed by atoms with E-state index in [0.717, 1.165) is 0 Å². The quantitative estimate of drug-likeness (QED) is 0.574. The van der Waals surface area contributed by atoms with Crippen LogP contribution >= 0.6 is 0 Å². The number of amides is 2. The summed E-state index contributed by atoms with van der Waals surface area (Å²) in [6, 6.07) is 11.0. The monoisotopic (exact) mass is 357 g/mol. The number of esters is 1. The lowest BCUT2D eigenvalue weighted by molar-refractivity contribution is 0.0601. The number of methoxy groups -OCH3 is 2. The Labute approximate surface area is 150 Å². The molecule has 2 amide bonds. The maximum absolute atomic E-state index is 12.4. The number of anilines is 1. The van der Waals surface area contributed by atoms with E-state index in [1.807, 2.05) is 0 Å². The molecule has 1 aromatic carbocycles. The molecule has 0 aliphatic heterocycles. The predicted octanol–water partition coefficient (Wildman–Crippen LogP) is 1.50. The molecule has 0 unspecified atom stereocenters. The molecule has 2 rings (SSSR count). The van der Waals surface area contributed by atoms with Crippen molar-refractivity contribution in [2.24, 2.45) is 0 Å². The van der Waals surface area contributed by atoms with Gasteiger partial charge in [0.05, 0.1) is 25.0 Å². The van der Waals surface area contributed by atoms with Crippen molar-refractivity contribution < 1.29 is 23.9 Å². The van der Waals surface area contributed by atoms with Crippen LogP contribution in [0.5, 0.6) is 0 Å². The number of rotatable bonds is 7. The predicted molar refractivity (Wildman–Crippen MR) is 94.2 cm³/mol. The van der Waals surface area contributed by atoms with Gasteiger partial charge in [0.2, 0.25) is 0 Å². The maximum Gasteiger partial charge on any atom is 0.339 e. The van der Waals surface area contributed by atoms with Crippen molar-refractivity contribution in [3.8, 4) is 0 Å². The number of nitrogens with zero attached hydrogens (tertiary/aromatic N) is 1. The van der Waals surface area contributed by atoms with Gasteiger partial charge in [-0.1, -0.05) is 18.2 Å². The SMILES string of the molecule is COCCNC(=O)c1cccc(C(=O)Nc2ccccc2C(=O)OC)n1. The Hall–Kier alpha value is -3.26. The topological polar surface area (TPSA) is 107 Å². The minimum Gasteiger partial charge on any atom is -0.465 e. The van der Waals surface area contributed by atoms with Crippen LogP contribution in [0.4, 0.5) is 5.69 Å². The van der Waals surface area contributed by atoms with Gasteiger partial charge in [0.25, 0.3) is 11.8 Å². The first-order valence-corrected chi connectivity index (χ1v) is 7.79. The summed E-state index contributed by atoms with van der Waals surface area (Å²) in [5, 5.41) is 5.23. The Balaban J connectivity index is 2.15. The van der Waals surface area contributed by atoms with Crippen LogP contribution in [0.1, 0.15) is 31.3 Å². The molecule has 0 spiro atoms. The minimum atomic E-state index is -0.569. The lowest BCUT2D eigenvalue weighted by atomic mass is 10.1. The first-order valence-electron chi connectivity index (χ1n) is 7.79. The molecular formula is C18H19N3O5. The summed E-state index contributed by atoms with van der Waals surface area (Å²) >= 11 is 0. The van der Waals surface area contributed by atoms with Gasteiger partial charge < -0.3 is 20.1 Å². The number of carbonyl (C=O) groups is 3. The molecule has 8 nitrogen and oxygen atoms in total. The molecule has 2 aromatic rings. The van der Waals surface area contributed by atoms with Gasteiger partial charge in [0.1, 0.15) is 11.4 Å². The largest absolute Gasteiger partial charge is 0.465 e. The first kappa shape index (κ1) is 19.1. The van der Waals surface area contributed by atoms with Crippen LogP contribution in [-0.2, 0) is 9.47 Å². The molecule has 0 radical (unpaired) electrons. The Morgan fingerprint density at radius 3 is 2.35 bits per heavy atom. The third-order valence-corrected chi connectivity index (χ3v) is 3.39. The molecule has 0 bridgehead atoms. The summed E-state index contributed by atoms with van der Waals surface area (Å²) in [7, 11) is 2.79. The molecule has 1 aromatic heterocycles. The summed E-state index contributed by atoms with van der Waals surface area (Å²) in [4.78, 5) is 40.3. The van der Waals surface area contributed by atoms with Gasteiger partial charge in [0.15, 0.2) is 0 Å². The Morgan fingerprint density at radius 1 is 0.962 bits per heavy atom. The van der Waals surface area contributed by atoms with Gasteiger partial charge in [-0.3, -0.25) is 9.59 Å². The summed E-state index contributed by atoms with van der Waals surface area (Å²) < 4.78 is 9.55. The molecular weight excluding hydrogens is 338 g/mol. The second-order valence-electron chi connectivity index (χ2n) is 5.15. The van der Waals surface area contributed by atoms with Crippen LogP contribution in [0, 0.1) is 0 Å². The third kappa shape index (κ3) is 4.87. The van der Waals surface area contributed by atoms with Gasteiger partial charge in [-0.25, -0.2) is 9.78 Å². The van der Waals surface area contributed by atoms with Gasteiger partial charge in [-0.15, -0.1) is 0 Å². The molecule has 8 heteroatoms. The molecule has 0 atom stereocenters. The zero-order chi connectivity index (χ0) is 18.9. The minimum absolute atomic E-state index is 0.0454. The Bertz CT molecular complexity index is 807. The summed E-state index contributed by atoms with van der Waals surface area (Å²) in [6.45, 7) is 0.705. The van der Waals surface area contributed by atoms with Gasteiger partial charge in [0, 0.05) is 13.7 Å². The first-order chi connectivity index (χ1) is 12.6. The maximum atomic E-state index is 12.4. The van der Waals surface area contributed by atoms with E-state index in [1.165, 1.54) is 32.4 Å².